The third-order valence-electron chi connectivity index (χ3n) is 3.61. The van der Waals surface area contributed by atoms with Crippen molar-refractivity contribution in [2.75, 3.05) is 5.73 Å². The fourth-order valence-corrected chi connectivity index (χ4v) is 3.65. The summed E-state index contributed by atoms with van der Waals surface area (Å²) in [4.78, 5) is -0.260. The van der Waals surface area contributed by atoms with Gasteiger partial charge in [-0.15, -0.1) is 0 Å². The van der Waals surface area contributed by atoms with Crippen LogP contribution in [0.1, 0.15) is 16.7 Å². The van der Waals surface area contributed by atoms with Gasteiger partial charge in [0.25, 0.3) is 10.1 Å². The molecule has 6 heteroatoms. The van der Waals surface area contributed by atoms with Crippen LogP contribution in [-0.2, 0) is 16.5 Å². The number of hydrogen-bond donors (Lipinski definition) is 2. The molecule has 3 N–H and O–H groups in total. The summed E-state index contributed by atoms with van der Waals surface area (Å²) in [6.07, 6.45) is 0.238. The number of nitrogen functional groups attached to an aromatic ring is 1. The van der Waals surface area contributed by atoms with Crippen LogP contribution in [0, 0.1) is 12.7 Å². The molecule has 4 nitrogen and oxygen atoms in total. The van der Waals surface area contributed by atoms with E-state index in [1.54, 1.807) is 19.1 Å². The lowest BCUT2D eigenvalue weighted by Gasteiger charge is -2.12. The number of benzene rings is 2. The summed E-state index contributed by atoms with van der Waals surface area (Å²) in [6, 6.07) is 6.07. The van der Waals surface area contributed by atoms with Gasteiger partial charge in [0.1, 0.15) is 10.7 Å². The van der Waals surface area contributed by atoms with Gasteiger partial charge in [0.05, 0.1) is 5.69 Å². The molecule has 20 heavy (non-hydrogen) atoms. The molecule has 0 aliphatic heterocycles. The van der Waals surface area contributed by atoms with E-state index in [1.165, 1.54) is 12.1 Å². The molecule has 2 aromatic carbocycles. The van der Waals surface area contributed by atoms with Crippen molar-refractivity contribution in [2.24, 2.45) is 0 Å². The SMILES string of the molecule is Cc1cc2c(c(S(=O)(=O)O)c1N)Cc1cc(F)ccc1-2. The molecule has 1 aliphatic carbocycles. The van der Waals surface area contributed by atoms with Gasteiger partial charge in [-0.2, -0.15) is 8.42 Å². The number of hydrogen-bond acceptors (Lipinski definition) is 3. The molecule has 0 bridgehead atoms. The molecule has 0 spiro atoms. The highest BCUT2D eigenvalue weighted by Gasteiger charge is 2.29. The summed E-state index contributed by atoms with van der Waals surface area (Å²) in [5.74, 6) is -0.380. The minimum Gasteiger partial charge on any atom is -0.397 e. The maximum Gasteiger partial charge on any atom is 0.296 e. The van der Waals surface area contributed by atoms with Crippen LogP contribution in [0.5, 0.6) is 0 Å². The van der Waals surface area contributed by atoms with Gasteiger partial charge in [0.15, 0.2) is 0 Å². The Kier molecular flexibility index (Phi) is 2.64. The van der Waals surface area contributed by atoms with Crippen molar-refractivity contribution in [1.82, 2.24) is 0 Å². The molecule has 0 saturated carbocycles. The largest absolute Gasteiger partial charge is 0.397 e. The van der Waals surface area contributed by atoms with E-state index in [2.05, 4.69) is 0 Å². The average molecular weight is 293 g/mol. The molecule has 0 unspecified atom stereocenters. The quantitative estimate of drug-likeness (QED) is 0.533. The number of anilines is 1. The maximum atomic E-state index is 13.3. The Morgan fingerprint density at radius 1 is 1.25 bits per heavy atom. The van der Waals surface area contributed by atoms with Crippen molar-refractivity contribution >= 4 is 15.8 Å². The summed E-state index contributed by atoms with van der Waals surface area (Å²) < 4.78 is 45.9. The Labute approximate surface area is 115 Å². The molecule has 1 aliphatic rings. The molecule has 3 rings (SSSR count). The molecule has 0 saturated heterocycles. The summed E-state index contributed by atoms with van der Waals surface area (Å²) in [7, 11) is -4.43. The third kappa shape index (κ3) is 1.80. The number of rotatable bonds is 1. The first kappa shape index (κ1) is 13.1. The Bertz CT molecular complexity index is 844. The van der Waals surface area contributed by atoms with Gasteiger partial charge < -0.3 is 5.73 Å². The minimum absolute atomic E-state index is 0.0412. The lowest BCUT2D eigenvalue weighted by atomic mass is 10.0. The van der Waals surface area contributed by atoms with E-state index in [4.69, 9.17) is 5.73 Å². The fourth-order valence-electron chi connectivity index (χ4n) is 2.72. The van der Waals surface area contributed by atoms with Crippen LogP contribution in [-0.4, -0.2) is 13.0 Å². The van der Waals surface area contributed by atoms with Gasteiger partial charge in [-0.1, -0.05) is 6.07 Å². The number of nitrogens with two attached hydrogens (primary N) is 1. The summed E-state index contributed by atoms with van der Waals surface area (Å²) in [5.41, 5.74) is 8.97. The van der Waals surface area contributed by atoms with Crippen LogP contribution in [0.15, 0.2) is 29.2 Å². The maximum absolute atomic E-state index is 13.3. The molecule has 2 aromatic rings. The average Bonchev–Trinajstić information content (AvgIpc) is 2.65. The Hall–Kier alpha value is -1.92. The van der Waals surface area contributed by atoms with Gasteiger partial charge >= 0.3 is 0 Å². The smallest absolute Gasteiger partial charge is 0.296 e. The molecule has 0 atom stereocenters. The van der Waals surface area contributed by atoms with Gasteiger partial charge in [-0.05, 0) is 52.9 Å². The lowest BCUT2D eigenvalue weighted by molar-refractivity contribution is 0.483. The molecular weight excluding hydrogens is 281 g/mol. The highest BCUT2D eigenvalue weighted by molar-refractivity contribution is 7.86. The normalized spacial score (nSPS) is 13.2. The summed E-state index contributed by atoms with van der Waals surface area (Å²) >= 11 is 0. The van der Waals surface area contributed by atoms with E-state index in [9.17, 15) is 17.4 Å². The van der Waals surface area contributed by atoms with E-state index >= 15 is 0 Å². The van der Waals surface area contributed by atoms with Gasteiger partial charge in [-0.3, -0.25) is 4.55 Å². The Balaban J connectivity index is 2.38. The van der Waals surface area contributed by atoms with E-state index in [1.807, 2.05) is 0 Å². The number of halogens is 1. The monoisotopic (exact) mass is 293 g/mol. The minimum atomic E-state index is -4.43. The second-order valence-electron chi connectivity index (χ2n) is 4.92. The van der Waals surface area contributed by atoms with Crippen LogP contribution in [0.2, 0.25) is 0 Å². The molecule has 0 fully saturated rings. The van der Waals surface area contributed by atoms with Gasteiger partial charge in [-0.25, -0.2) is 4.39 Å². The van der Waals surface area contributed by atoms with Gasteiger partial charge in [0, 0.05) is 6.42 Å². The second-order valence-corrected chi connectivity index (χ2v) is 6.27. The van der Waals surface area contributed by atoms with Crippen LogP contribution >= 0.6 is 0 Å². The predicted octanol–water partition coefficient (Wildman–Crippen LogP) is 2.53. The molecular formula is C14H12FNO3S. The number of fused-ring (bicyclic) bond motifs is 3. The van der Waals surface area contributed by atoms with E-state index in [0.717, 1.165) is 5.56 Å². The van der Waals surface area contributed by atoms with E-state index in [0.29, 0.717) is 22.3 Å². The number of aryl methyl sites for hydroxylation is 1. The van der Waals surface area contributed by atoms with Crippen molar-refractivity contribution < 1.29 is 17.4 Å². The second kappa shape index (κ2) is 4.04. The highest BCUT2D eigenvalue weighted by Crippen LogP contribution is 2.43. The van der Waals surface area contributed by atoms with E-state index in [-0.39, 0.29) is 22.8 Å². The van der Waals surface area contributed by atoms with Crippen LogP contribution in [0.25, 0.3) is 11.1 Å². The van der Waals surface area contributed by atoms with Crippen LogP contribution < -0.4 is 5.73 Å². The van der Waals surface area contributed by atoms with Crippen molar-refractivity contribution in [3.8, 4) is 11.1 Å². The zero-order valence-electron chi connectivity index (χ0n) is 10.6. The first-order chi connectivity index (χ1) is 9.29. The summed E-state index contributed by atoms with van der Waals surface area (Å²) in [6.45, 7) is 1.67. The van der Waals surface area contributed by atoms with Crippen molar-refractivity contribution in [3.63, 3.8) is 0 Å². The van der Waals surface area contributed by atoms with Crippen molar-refractivity contribution in [2.45, 2.75) is 18.2 Å². The zero-order valence-corrected chi connectivity index (χ0v) is 11.5. The van der Waals surface area contributed by atoms with Crippen LogP contribution in [0.3, 0.4) is 0 Å². The molecule has 104 valence electrons. The van der Waals surface area contributed by atoms with Gasteiger partial charge in [0.2, 0.25) is 0 Å². The molecule has 0 aromatic heterocycles. The highest BCUT2D eigenvalue weighted by atomic mass is 32.2. The lowest BCUT2D eigenvalue weighted by Crippen LogP contribution is -2.08. The zero-order chi connectivity index (χ0) is 14.7. The topological polar surface area (TPSA) is 80.4 Å². The van der Waals surface area contributed by atoms with E-state index < -0.39 is 10.1 Å². The van der Waals surface area contributed by atoms with Crippen molar-refractivity contribution in [1.29, 1.82) is 0 Å². The molecule has 0 radical (unpaired) electrons. The third-order valence-corrected chi connectivity index (χ3v) is 4.59. The Morgan fingerprint density at radius 3 is 2.60 bits per heavy atom. The van der Waals surface area contributed by atoms with Crippen LogP contribution in [0.4, 0.5) is 10.1 Å². The summed E-state index contributed by atoms with van der Waals surface area (Å²) in [5, 5.41) is 0. The molecule has 0 heterocycles. The molecule has 0 amide bonds. The standard InChI is InChI=1S/C14H12FNO3S/c1-7-4-11-10-3-2-9(15)5-8(10)6-12(11)14(13(7)16)20(17,18)19/h2-5H,6,16H2,1H3,(H,17,18,19). The fraction of sp³-hybridized carbons (Fsp3) is 0.143. The Morgan fingerprint density at radius 2 is 1.95 bits per heavy atom. The first-order valence-corrected chi connectivity index (χ1v) is 7.41. The first-order valence-electron chi connectivity index (χ1n) is 5.97. The van der Waals surface area contributed by atoms with Crippen molar-refractivity contribution in [3.05, 3.63) is 46.8 Å². The predicted molar refractivity (Wildman–Crippen MR) is 73.6 cm³/mol.